The van der Waals surface area contributed by atoms with Crippen molar-refractivity contribution in [2.75, 3.05) is 6.61 Å². The molecule has 96 valence electrons. The lowest BCUT2D eigenvalue weighted by Gasteiger charge is -2.35. The normalized spacial score (nSPS) is 23.8. The molecule has 17 heavy (non-hydrogen) atoms. The van der Waals surface area contributed by atoms with Gasteiger partial charge in [0.15, 0.2) is 0 Å². The first kappa shape index (κ1) is 12.7. The number of nitrogens with one attached hydrogen (secondary N) is 1. The van der Waals surface area contributed by atoms with Gasteiger partial charge in [0.2, 0.25) is 0 Å². The molecular formula is C14H23NO2. The standard InChI is InChI=1S/C14H23NO2/c1-4-12-5-6-13(17-12)10-15-11-7-8-16-14(2,3)9-11/h5-6,11,15H,4,7-10H2,1-3H3. The van der Waals surface area contributed by atoms with Crippen LogP contribution in [0.1, 0.15) is 45.1 Å². The fraction of sp³-hybridized carbons (Fsp3) is 0.714. The number of rotatable bonds is 4. The van der Waals surface area contributed by atoms with Crippen LogP contribution in [0.4, 0.5) is 0 Å². The van der Waals surface area contributed by atoms with Crippen molar-refractivity contribution in [2.24, 2.45) is 0 Å². The van der Waals surface area contributed by atoms with Crippen molar-refractivity contribution in [1.82, 2.24) is 5.32 Å². The van der Waals surface area contributed by atoms with Crippen LogP contribution in [0.25, 0.3) is 0 Å². The molecule has 1 N–H and O–H groups in total. The molecule has 2 rings (SSSR count). The van der Waals surface area contributed by atoms with E-state index in [9.17, 15) is 0 Å². The van der Waals surface area contributed by atoms with Crippen molar-refractivity contribution in [3.8, 4) is 0 Å². The Morgan fingerprint density at radius 2 is 2.12 bits per heavy atom. The molecule has 1 fully saturated rings. The summed E-state index contributed by atoms with van der Waals surface area (Å²) in [7, 11) is 0. The van der Waals surface area contributed by atoms with Crippen LogP contribution in [-0.4, -0.2) is 18.2 Å². The van der Waals surface area contributed by atoms with Gasteiger partial charge in [-0.25, -0.2) is 0 Å². The summed E-state index contributed by atoms with van der Waals surface area (Å²) >= 11 is 0. The predicted octanol–water partition coefficient (Wildman–Crippen LogP) is 2.89. The van der Waals surface area contributed by atoms with E-state index in [0.29, 0.717) is 6.04 Å². The molecule has 1 aliphatic rings. The third kappa shape index (κ3) is 3.58. The smallest absolute Gasteiger partial charge is 0.117 e. The zero-order valence-electron chi connectivity index (χ0n) is 11.1. The van der Waals surface area contributed by atoms with E-state index in [1.54, 1.807) is 0 Å². The van der Waals surface area contributed by atoms with Crippen LogP contribution in [0.15, 0.2) is 16.5 Å². The summed E-state index contributed by atoms with van der Waals surface area (Å²) in [4.78, 5) is 0. The summed E-state index contributed by atoms with van der Waals surface area (Å²) < 4.78 is 11.4. The Morgan fingerprint density at radius 3 is 2.76 bits per heavy atom. The lowest BCUT2D eigenvalue weighted by atomic mass is 9.94. The Kier molecular flexibility index (Phi) is 3.89. The zero-order valence-corrected chi connectivity index (χ0v) is 11.1. The first-order valence-corrected chi connectivity index (χ1v) is 6.54. The molecule has 1 unspecified atom stereocenters. The summed E-state index contributed by atoms with van der Waals surface area (Å²) in [5.41, 5.74) is 0.00760. The first-order valence-electron chi connectivity index (χ1n) is 6.54. The van der Waals surface area contributed by atoms with Gasteiger partial charge in [0.25, 0.3) is 0 Å². The summed E-state index contributed by atoms with van der Waals surface area (Å²) in [6.07, 6.45) is 3.11. The maximum atomic E-state index is 5.71. The Morgan fingerprint density at radius 1 is 1.35 bits per heavy atom. The van der Waals surface area contributed by atoms with Gasteiger partial charge in [-0.15, -0.1) is 0 Å². The van der Waals surface area contributed by atoms with E-state index in [1.165, 1.54) is 0 Å². The monoisotopic (exact) mass is 237 g/mol. The molecule has 2 heterocycles. The van der Waals surface area contributed by atoms with Crippen LogP contribution in [0.5, 0.6) is 0 Å². The van der Waals surface area contributed by atoms with Gasteiger partial charge < -0.3 is 14.5 Å². The van der Waals surface area contributed by atoms with Crippen molar-refractivity contribution in [1.29, 1.82) is 0 Å². The minimum Gasteiger partial charge on any atom is -0.465 e. The van der Waals surface area contributed by atoms with Crippen LogP contribution < -0.4 is 5.32 Å². The molecule has 0 spiro atoms. The highest BCUT2D eigenvalue weighted by atomic mass is 16.5. The predicted molar refractivity (Wildman–Crippen MR) is 68.0 cm³/mol. The van der Waals surface area contributed by atoms with Gasteiger partial charge in [0, 0.05) is 19.1 Å². The van der Waals surface area contributed by atoms with E-state index < -0.39 is 0 Å². The van der Waals surface area contributed by atoms with Crippen LogP contribution in [0, 0.1) is 0 Å². The molecule has 1 aliphatic heterocycles. The van der Waals surface area contributed by atoms with E-state index in [1.807, 2.05) is 0 Å². The van der Waals surface area contributed by atoms with Crippen molar-refractivity contribution in [2.45, 2.75) is 58.2 Å². The summed E-state index contributed by atoms with van der Waals surface area (Å²) in [5.74, 6) is 2.10. The lowest BCUT2D eigenvalue weighted by molar-refractivity contribution is -0.0632. The third-order valence-corrected chi connectivity index (χ3v) is 3.33. The molecule has 0 saturated carbocycles. The van der Waals surface area contributed by atoms with E-state index in [-0.39, 0.29) is 5.60 Å². The van der Waals surface area contributed by atoms with Gasteiger partial charge in [-0.05, 0) is 38.8 Å². The van der Waals surface area contributed by atoms with Crippen molar-refractivity contribution in [3.05, 3.63) is 23.7 Å². The van der Waals surface area contributed by atoms with E-state index >= 15 is 0 Å². The summed E-state index contributed by atoms with van der Waals surface area (Å²) in [6, 6.07) is 4.66. The lowest BCUT2D eigenvalue weighted by Crippen LogP contribution is -2.43. The fourth-order valence-corrected chi connectivity index (χ4v) is 2.36. The van der Waals surface area contributed by atoms with E-state index in [2.05, 4.69) is 38.2 Å². The number of hydrogen-bond acceptors (Lipinski definition) is 3. The Labute approximate surface area is 104 Å². The molecule has 1 saturated heterocycles. The maximum absolute atomic E-state index is 5.71. The van der Waals surface area contributed by atoms with Crippen molar-refractivity contribution >= 4 is 0 Å². The molecule has 1 atom stereocenters. The van der Waals surface area contributed by atoms with Crippen LogP contribution in [0.3, 0.4) is 0 Å². The number of hydrogen-bond donors (Lipinski definition) is 1. The van der Waals surface area contributed by atoms with Gasteiger partial charge in [0.1, 0.15) is 11.5 Å². The SMILES string of the molecule is CCc1ccc(CNC2CCOC(C)(C)C2)o1. The second-order valence-electron chi connectivity index (χ2n) is 5.40. The van der Waals surface area contributed by atoms with Gasteiger partial charge >= 0.3 is 0 Å². The molecule has 1 aromatic heterocycles. The highest BCUT2D eigenvalue weighted by Gasteiger charge is 2.28. The number of ether oxygens (including phenoxy) is 1. The topological polar surface area (TPSA) is 34.4 Å². The molecule has 0 aromatic carbocycles. The van der Waals surface area contributed by atoms with Gasteiger partial charge in [-0.1, -0.05) is 6.92 Å². The maximum Gasteiger partial charge on any atom is 0.117 e. The van der Waals surface area contributed by atoms with Gasteiger partial charge in [0.05, 0.1) is 12.1 Å². The second kappa shape index (κ2) is 5.23. The van der Waals surface area contributed by atoms with Crippen molar-refractivity contribution < 1.29 is 9.15 Å². The molecule has 3 heteroatoms. The molecule has 0 bridgehead atoms. The minimum atomic E-state index is 0.00760. The van der Waals surface area contributed by atoms with Crippen molar-refractivity contribution in [3.63, 3.8) is 0 Å². The quantitative estimate of drug-likeness (QED) is 0.874. The van der Waals surface area contributed by atoms with Crippen LogP contribution in [-0.2, 0) is 17.7 Å². The average molecular weight is 237 g/mol. The number of aryl methyl sites for hydroxylation is 1. The highest BCUT2D eigenvalue weighted by Crippen LogP contribution is 2.24. The van der Waals surface area contributed by atoms with E-state index in [4.69, 9.17) is 9.15 Å². The largest absolute Gasteiger partial charge is 0.465 e. The van der Waals surface area contributed by atoms with Gasteiger partial charge in [-0.3, -0.25) is 0 Å². The molecule has 3 nitrogen and oxygen atoms in total. The summed E-state index contributed by atoms with van der Waals surface area (Å²) in [5, 5.41) is 3.56. The second-order valence-corrected chi connectivity index (χ2v) is 5.40. The first-order chi connectivity index (χ1) is 8.09. The molecule has 1 aromatic rings. The average Bonchev–Trinajstić information content (AvgIpc) is 2.73. The minimum absolute atomic E-state index is 0.00760. The van der Waals surface area contributed by atoms with Gasteiger partial charge in [-0.2, -0.15) is 0 Å². The molecule has 0 amide bonds. The molecule has 0 radical (unpaired) electrons. The number of furan rings is 1. The van der Waals surface area contributed by atoms with Crippen LogP contribution >= 0.6 is 0 Å². The Balaban J connectivity index is 1.81. The third-order valence-electron chi connectivity index (χ3n) is 3.33. The zero-order chi connectivity index (χ0) is 12.3. The van der Waals surface area contributed by atoms with Crippen LogP contribution in [0.2, 0.25) is 0 Å². The Bertz CT molecular complexity index is 357. The fourth-order valence-electron chi connectivity index (χ4n) is 2.36. The van der Waals surface area contributed by atoms with E-state index in [0.717, 1.165) is 43.9 Å². The molecular weight excluding hydrogens is 214 g/mol. The Hall–Kier alpha value is -0.800. The highest BCUT2D eigenvalue weighted by molar-refractivity contribution is 5.07. The summed E-state index contributed by atoms with van der Waals surface area (Å²) in [6.45, 7) is 8.09. The molecule has 0 aliphatic carbocycles.